The number of amides is 2. The molecule has 1 aromatic carbocycles. The summed E-state index contributed by atoms with van der Waals surface area (Å²) in [4.78, 5) is 28.3. The van der Waals surface area contributed by atoms with Crippen LogP contribution >= 0.6 is 0 Å². The molecule has 0 atom stereocenters. The highest BCUT2D eigenvalue weighted by molar-refractivity contribution is 5.95. The van der Waals surface area contributed by atoms with Crippen molar-refractivity contribution in [3.05, 3.63) is 47.9 Å². The van der Waals surface area contributed by atoms with Gasteiger partial charge in [-0.2, -0.15) is 0 Å². The highest BCUT2D eigenvalue weighted by atomic mass is 16.5. The van der Waals surface area contributed by atoms with E-state index in [0.717, 1.165) is 5.56 Å². The minimum atomic E-state index is -0.119. The van der Waals surface area contributed by atoms with E-state index in [0.29, 0.717) is 56.5 Å². The summed E-state index contributed by atoms with van der Waals surface area (Å²) in [5.74, 6) is 1.60. The Morgan fingerprint density at radius 2 is 1.82 bits per heavy atom. The number of piperazine rings is 1. The number of methoxy groups -OCH3 is 2. The van der Waals surface area contributed by atoms with E-state index >= 15 is 0 Å². The molecule has 150 valence electrons. The molecule has 1 aliphatic heterocycles. The van der Waals surface area contributed by atoms with Crippen molar-refractivity contribution in [3.63, 3.8) is 0 Å². The van der Waals surface area contributed by atoms with Gasteiger partial charge in [0.05, 0.1) is 27.0 Å². The fraction of sp³-hybridized carbons (Fsp3) is 0.400. The van der Waals surface area contributed by atoms with Gasteiger partial charge in [-0.25, -0.2) is 4.79 Å². The highest BCUT2D eigenvalue weighted by Crippen LogP contribution is 2.27. The Bertz CT molecular complexity index is 798. The number of benzene rings is 1. The Hall–Kier alpha value is -3.00. The molecule has 1 aliphatic rings. The van der Waals surface area contributed by atoms with Crippen molar-refractivity contribution >= 4 is 11.8 Å². The lowest BCUT2D eigenvalue weighted by Crippen LogP contribution is -2.52. The zero-order valence-corrected chi connectivity index (χ0v) is 16.1. The van der Waals surface area contributed by atoms with Gasteiger partial charge < -0.3 is 24.1 Å². The lowest BCUT2D eigenvalue weighted by Gasteiger charge is -2.34. The molecule has 0 aliphatic carbocycles. The second-order valence-electron chi connectivity index (χ2n) is 6.51. The Morgan fingerprint density at radius 1 is 1.07 bits per heavy atom. The summed E-state index contributed by atoms with van der Waals surface area (Å²) in [5.41, 5.74) is 0.925. The van der Waals surface area contributed by atoms with Gasteiger partial charge in [0.25, 0.3) is 0 Å². The van der Waals surface area contributed by atoms with Gasteiger partial charge in [0.1, 0.15) is 0 Å². The molecule has 8 heteroatoms. The molecule has 3 rings (SSSR count). The first kappa shape index (κ1) is 19.8. The van der Waals surface area contributed by atoms with Crippen LogP contribution in [-0.4, -0.2) is 68.6 Å². The van der Waals surface area contributed by atoms with Crippen molar-refractivity contribution in [1.29, 1.82) is 0 Å². The number of furan rings is 1. The average Bonchev–Trinajstić information content (AvgIpc) is 3.27. The fourth-order valence-corrected chi connectivity index (χ4v) is 3.11. The van der Waals surface area contributed by atoms with Crippen molar-refractivity contribution in [2.75, 3.05) is 46.9 Å². The summed E-state index contributed by atoms with van der Waals surface area (Å²) in [7, 11) is 3.16. The number of ether oxygens (including phenoxy) is 2. The van der Waals surface area contributed by atoms with Crippen molar-refractivity contribution in [1.82, 2.24) is 15.1 Å². The molecule has 0 spiro atoms. The molecule has 2 amide bonds. The Morgan fingerprint density at radius 3 is 2.46 bits per heavy atom. The predicted molar refractivity (Wildman–Crippen MR) is 103 cm³/mol. The minimum absolute atomic E-state index is 0.0450. The Balaban J connectivity index is 1.44. The number of ketones is 1. The second kappa shape index (κ2) is 9.27. The van der Waals surface area contributed by atoms with Crippen LogP contribution in [0, 0.1) is 0 Å². The maximum atomic E-state index is 12.4. The van der Waals surface area contributed by atoms with Gasteiger partial charge >= 0.3 is 6.03 Å². The Kier molecular flexibility index (Phi) is 6.54. The van der Waals surface area contributed by atoms with Crippen LogP contribution in [0.25, 0.3) is 0 Å². The molecule has 28 heavy (non-hydrogen) atoms. The number of nitrogens with zero attached hydrogens (tertiary/aromatic N) is 2. The first-order valence-corrected chi connectivity index (χ1v) is 9.13. The maximum Gasteiger partial charge on any atom is 0.317 e. The number of Topliss-reactive ketones (excluding diaryl/α,β-unsaturated/α-hetero) is 1. The van der Waals surface area contributed by atoms with E-state index < -0.39 is 0 Å². The van der Waals surface area contributed by atoms with Crippen LogP contribution in [0.3, 0.4) is 0 Å². The molecule has 2 aromatic rings. The van der Waals surface area contributed by atoms with Crippen LogP contribution in [0.5, 0.6) is 11.5 Å². The summed E-state index contributed by atoms with van der Waals surface area (Å²) in [6, 6.07) is 8.80. The molecule has 1 N–H and O–H groups in total. The highest BCUT2D eigenvalue weighted by Gasteiger charge is 2.23. The van der Waals surface area contributed by atoms with Crippen molar-refractivity contribution in [2.45, 2.75) is 6.54 Å². The average molecular weight is 387 g/mol. The van der Waals surface area contributed by atoms with Gasteiger partial charge in [-0.05, 0) is 29.8 Å². The topological polar surface area (TPSA) is 84.3 Å². The van der Waals surface area contributed by atoms with Crippen LogP contribution < -0.4 is 14.8 Å². The number of hydrogen-bond acceptors (Lipinski definition) is 6. The summed E-state index contributed by atoms with van der Waals surface area (Å²) < 4.78 is 15.6. The van der Waals surface area contributed by atoms with Crippen LogP contribution in [-0.2, 0) is 6.54 Å². The van der Waals surface area contributed by atoms with E-state index in [2.05, 4.69) is 5.32 Å². The number of carbonyl (C=O) groups excluding carboxylic acids is 2. The first-order chi connectivity index (χ1) is 13.6. The molecule has 0 saturated carbocycles. The van der Waals surface area contributed by atoms with Crippen LogP contribution in [0.4, 0.5) is 4.79 Å². The lowest BCUT2D eigenvalue weighted by molar-refractivity contribution is 0.0852. The van der Waals surface area contributed by atoms with Gasteiger partial charge in [0, 0.05) is 32.7 Å². The van der Waals surface area contributed by atoms with E-state index in [1.165, 1.54) is 6.26 Å². The van der Waals surface area contributed by atoms with E-state index in [4.69, 9.17) is 13.9 Å². The van der Waals surface area contributed by atoms with Crippen LogP contribution in [0.1, 0.15) is 16.1 Å². The maximum absolute atomic E-state index is 12.4. The quantitative estimate of drug-likeness (QED) is 0.732. The summed E-state index contributed by atoms with van der Waals surface area (Å²) >= 11 is 0. The van der Waals surface area contributed by atoms with Crippen molar-refractivity contribution in [3.8, 4) is 11.5 Å². The third-order valence-electron chi connectivity index (χ3n) is 4.71. The summed E-state index contributed by atoms with van der Waals surface area (Å²) in [5, 5.41) is 2.93. The number of carbonyl (C=O) groups is 2. The standard InChI is InChI=1S/C20H25N3O5/c1-26-18-6-5-15(12-19(18)27-2)13-21-20(25)23-9-7-22(8-10-23)14-16(24)17-4-3-11-28-17/h3-6,11-12H,7-10,13-14H2,1-2H3,(H,21,25). The molecule has 0 radical (unpaired) electrons. The molecule has 1 fully saturated rings. The molecule has 8 nitrogen and oxygen atoms in total. The molecule has 1 aromatic heterocycles. The number of urea groups is 1. The number of rotatable bonds is 7. The molecule has 0 bridgehead atoms. The van der Waals surface area contributed by atoms with Gasteiger partial charge in [-0.15, -0.1) is 0 Å². The van der Waals surface area contributed by atoms with E-state index in [9.17, 15) is 9.59 Å². The monoisotopic (exact) mass is 387 g/mol. The summed E-state index contributed by atoms with van der Waals surface area (Å²) in [6.45, 7) is 3.14. The predicted octanol–water partition coefficient (Wildman–Crippen LogP) is 2.01. The zero-order valence-electron chi connectivity index (χ0n) is 16.1. The van der Waals surface area contributed by atoms with Gasteiger partial charge in [0.2, 0.25) is 5.78 Å². The molecular formula is C20H25N3O5. The van der Waals surface area contributed by atoms with Crippen LogP contribution in [0.2, 0.25) is 0 Å². The largest absolute Gasteiger partial charge is 0.493 e. The number of nitrogens with one attached hydrogen (secondary N) is 1. The van der Waals surface area contributed by atoms with E-state index in [1.54, 1.807) is 31.3 Å². The minimum Gasteiger partial charge on any atom is -0.493 e. The smallest absolute Gasteiger partial charge is 0.317 e. The van der Waals surface area contributed by atoms with Crippen LogP contribution in [0.15, 0.2) is 41.0 Å². The lowest BCUT2D eigenvalue weighted by atomic mass is 10.2. The summed E-state index contributed by atoms with van der Waals surface area (Å²) in [6.07, 6.45) is 1.49. The Labute approximate surface area is 164 Å². The van der Waals surface area contributed by atoms with Gasteiger partial charge in [-0.3, -0.25) is 9.69 Å². The van der Waals surface area contributed by atoms with Gasteiger partial charge in [-0.1, -0.05) is 6.07 Å². The third kappa shape index (κ3) is 4.83. The van der Waals surface area contributed by atoms with Gasteiger partial charge in [0.15, 0.2) is 17.3 Å². The fourth-order valence-electron chi connectivity index (χ4n) is 3.11. The normalized spacial score (nSPS) is 14.6. The molecule has 1 saturated heterocycles. The SMILES string of the molecule is COc1ccc(CNC(=O)N2CCN(CC(=O)c3ccco3)CC2)cc1OC. The second-order valence-corrected chi connectivity index (χ2v) is 6.51. The molecule has 0 unspecified atom stereocenters. The van der Waals surface area contributed by atoms with Crippen molar-refractivity contribution < 1.29 is 23.5 Å². The third-order valence-corrected chi connectivity index (χ3v) is 4.71. The van der Waals surface area contributed by atoms with E-state index in [-0.39, 0.29) is 11.8 Å². The first-order valence-electron chi connectivity index (χ1n) is 9.13. The number of hydrogen-bond donors (Lipinski definition) is 1. The molecule has 2 heterocycles. The van der Waals surface area contributed by atoms with Crippen molar-refractivity contribution in [2.24, 2.45) is 0 Å². The zero-order chi connectivity index (χ0) is 19.9. The molecular weight excluding hydrogens is 362 g/mol. The van der Waals surface area contributed by atoms with E-state index in [1.807, 2.05) is 23.1 Å².